The standard InChI is InChI=1S/C31H33F6N3O/c1-4-21(11-12-27(29(40)41)23-13-19(2)7-5-10-22(14-23)18-38)9-6-8-20(3)28(39)24-15-25(30(32,33)34)17-26(16-24)31(35,36)37/h5-6,9-10,12-17,19-21,39H,4,7-8,11H2,1-3H3,(H2,40,41). The molecule has 10 heteroatoms. The van der Waals surface area contributed by atoms with Gasteiger partial charge >= 0.3 is 12.4 Å². The molecule has 0 heterocycles. The Bertz CT molecular complexity index is 1290. The number of nitrogens with two attached hydrogens (primary N) is 1. The molecule has 1 amide bonds. The van der Waals surface area contributed by atoms with E-state index >= 15 is 0 Å². The molecule has 0 spiro atoms. The van der Waals surface area contributed by atoms with E-state index in [0.717, 1.165) is 0 Å². The lowest BCUT2D eigenvalue weighted by Gasteiger charge is -2.17. The second-order valence-corrected chi connectivity index (χ2v) is 10.1. The Balaban J connectivity index is 2.22. The van der Waals surface area contributed by atoms with Crippen LogP contribution in [0.5, 0.6) is 0 Å². The van der Waals surface area contributed by atoms with Crippen molar-refractivity contribution in [3.8, 4) is 6.07 Å². The number of primary amides is 1. The van der Waals surface area contributed by atoms with Crippen molar-refractivity contribution in [3.63, 3.8) is 0 Å². The number of hydrogen-bond donors (Lipinski definition) is 2. The van der Waals surface area contributed by atoms with Gasteiger partial charge in [0.15, 0.2) is 0 Å². The molecule has 3 N–H and O–H groups in total. The first kappa shape index (κ1) is 33.3. The largest absolute Gasteiger partial charge is 0.416 e. The van der Waals surface area contributed by atoms with E-state index in [1.165, 1.54) is 0 Å². The van der Waals surface area contributed by atoms with Crippen molar-refractivity contribution >= 4 is 11.6 Å². The minimum Gasteiger partial charge on any atom is -0.366 e. The van der Waals surface area contributed by atoms with Crippen molar-refractivity contribution < 1.29 is 31.1 Å². The molecule has 1 aliphatic rings. The number of halogens is 6. The summed E-state index contributed by atoms with van der Waals surface area (Å²) in [5, 5.41) is 17.6. The first-order chi connectivity index (χ1) is 19.1. The maximum atomic E-state index is 13.2. The molecule has 0 aliphatic heterocycles. The molecule has 2 rings (SSSR count). The Morgan fingerprint density at radius 1 is 1.15 bits per heavy atom. The van der Waals surface area contributed by atoms with Crippen molar-refractivity contribution in [2.24, 2.45) is 23.5 Å². The average molecular weight is 578 g/mol. The van der Waals surface area contributed by atoms with Crippen molar-refractivity contribution in [2.45, 2.75) is 58.8 Å². The van der Waals surface area contributed by atoms with Gasteiger partial charge in [-0.15, -0.1) is 0 Å². The van der Waals surface area contributed by atoms with Gasteiger partial charge < -0.3 is 11.1 Å². The lowest BCUT2D eigenvalue weighted by Crippen LogP contribution is -2.16. The maximum Gasteiger partial charge on any atom is 0.416 e. The average Bonchev–Trinajstić information content (AvgIpc) is 2.87. The number of alkyl halides is 6. The normalized spacial score (nSPS) is 18.1. The van der Waals surface area contributed by atoms with Crippen LogP contribution in [-0.2, 0) is 17.1 Å². The zero-order valence-electron chi connectivity index (χ0n) is 23.0. The number of nitrogens with zero attached hydrogens (tertiary/aromatic N) is 1. The second-order valence-electron chi connectivity index (χ2n) is 10.1. The van der Waals surface area contributed by atoms with Gasteiger partial charge in [0.1, 0.15) is 0 Å². The molecule has 0 radical (unpaired) electrons. The molecule has 0 fully saturated rings. The Hall–Kier alpha value is -3.87. The Morgan fingerprint density at radius 3 is 2.27 bits per heavy atom. The van der Waals surface area contributed by atoms with E-state index in [-0.39, 0.29) is 35.6 Å². The zero-order chi connectivity index (χ0) is 31.0. The van der Waals surface area contributed by atoms with Crippen molar-refractivity contribution in [2.75, 3.05) is 0 Å². The lowest BCUT2D eigenvalue weighted by molar-refractivity contribution is -0.143. The maximum absolute atomic E-state index is 13.2. The molecule has 0 bridgehead atoms. The van der Waals surface area contributed by atoms with Gasteiger partial charge in [0.2, 0.25) is 5.91 Å². The molecule has 4 nitrogen and oxygen atoms in total. The topological polar surface area (TPSA) is 90.7 Å². The SMILES string of the molecule is CCC(C=CCC(C)C(=N)c1cc(C(F)(F)F)cc(C(F)(F)F)c1)CC=C(C(N)=O)C1=CC(C)CC=CC(C#N)=C1. The van der Waals surface area contributed by atoms with Gasteiger partial charge in [0, 0.05) is 17.2 Å². The fourth-order valence-corrected chi connectivity index (χ4v) is 4.28. The van der Waals surface area contributed by atoms with Crippen LogP contribution in [0.25, 0.3) is 0 Å². The van der Waals surface area contributed by atoms with Crippen LogP contribution in [0.3, 0.4) is 0 Å². The number of carbonyl (C=O) groups is 1. The van der Waals surface area contributed by atoms with E-state index in [0.29, 0.717) is 42.5 Å². The highest BCUT2D eigenvalue weighted by Crippen LogP contribution is 2.37. The number of amides is 1. The Labute approximate surface area is 236 Å². The van der Waals surface area contributed by atoms with Gasteiger partial charge in [0.25, 0.3) is 0 Å². The third-order valence-electron chi connectivity index (χ3n) is 6.72. The summed E-state index contributed by atoms with van der Waals surface area (Å²) in [5.41, 5.74) is 3.21. The summed E-state index contributed by atoms with van der Waals surface area (Å²) in [7, 11) is 0. The van der Waals surface area contributed by atoms with Crippen molar-refractivity contribution in [1.82, 2.24) is 0 Å². The van der Waals surface area contributed by atoms with Gasteiger partial charge in [-0.05, 0) is 79.0 Å². The summed E-state index contributed by atoms with van der Waals surface area (Å²) < 4.78 is 79.3. The van der Waals surface area contributed by atoms with Gasteiger partial charge in [-0.2, -0.15) is 31.6 Å². The highest BCUT2D eigenvalue weighted by atomic mass is 19.4. The summed E-state index contributed by atoms with van der Waals surface area (Å²) in [6.07, 6.45) is 4.41. The minimum atomic E-state index is -4.99. The highest BCUT2D eigenvalue weighted by molar-refractivity contribution is 6.00. The first-order valence-electron chi connectivity index (χ1n) is 13.1. The highest BCUT2D eigenvalue weighted by Gasteiger charge is 2.37. The van der Waals surface area contributed by atoms with E-state index in [1.807, 2.05) is 32.1 Å². The van der Waals surface area contributed by atoms with E-state index in [4.69, 9.17) is 11.1 Å². The number of carbonyl (C=O) groups excluding carboxylic acids is 1. The van der Waals surface area contributed by atoms with E-state index in [9.17, 15) is 36.4 Å². The Kier molecular flexibility index (Phi) is 11.5. The van der Waals surface area contributed by atoms with Crippen LogP contribution >= 0.6 is 0 Å². The van der Waals surface area contributed by atoms with E-state index in [1.54, 1.807) is 31.2 Å². The van der Waals surface area contributed by atoms with Crippen LogP contribution < -0.4 is 5.73 Å². The van der Waals surface area contributed by atoms with Crippen LogP contribution in [0, 0.1) is 34.5 Å². The van der Waals surface area contributed by atoms with Gasteiger partial charge in [0.05, 0.1) is 22.8 Å². The smallest absolute Gasteiger partial charge is 0.366 e. The van der Waals surface area contributed by atoms with Crippen LogP contribution in [0.4, 0.5) is 26.3 Å². The Morgan fingerprint density at radius 2 is 1.76 bits per heavy atom. The third-order valence-corrected chi connectivity index (χ3v) is 6.72. The molecule has 1 aliphatic carbocycles. The van der Waals surface area contributed by atoms with Gasteiger partial charge in [-0.1, -0.05) is 51.2 Å². The van der Waals surface area contributed by atoms with Crippen molar-refractivity contribution in [1.29, 1.82) is 10.7 Å². The number of hydrogen-bond acceptors (Lipinski definition) is 3. The molecule has 220 valence electrons. The number of allylic oxidation sites excluding steroid dienone is 8. The number of nitriles is 1. The van der Waals surface area contributed by atoms with Crippen LogP contribution in [-0.4, -0.2) is 11.6 Å². The molecule has 41 heavy (non-hydrogen) atoms. The summed E-state index contributed by atoms with van der Waals surface area (Å²) in [5.74, 6) is -1.24. The summed E-state index contributed by atoms with van der Waals surface area (Å²) in [4.78, 5) is 12.3. The molecule has 0 saturated heterocycles. The van der Waals surface area contributed by atoms with Crippen LogP contribution in [0.1, 0.15) is 63.1 Å². The quantitative estimate of drug-likeness (QED) is 0.126. The molecule has 0 saturated carbocycles. The van der Waals surface area contributed by atoms with Gasteiger partial charge in [-0.25, -0.2) is 0 Å². The molecular formula is C31H33F6N3O. The number of nitrogens with one attached hydrogen (secondary N) is 1. The zero-order valence-corrected chi connectivity index (χ0v) is 23.0. The molecule has 3 atom stereocenters. The molecule has 3 unspecified atom stereocenters. The molecule has 0 aromatic heterocycles. The van der Waals surface area contributed by atoms with Crippen LogP contribution in [0.15, 0.2) is 77.5 Å². The summed E-state index contributed by atoms with van der Waals surface area (Å²) in [6, 6.07) is 3.25. The first-order valence-corrected chi connectivity index (χ1v) is 13.1. The fraction of sp³-hybridized carbons (Fsp3) is 0.387. The van der Waals surface area contributed by atoms with E-state index in [2.05, 4.69) is 6.07 Å². The number of benzene rings is 1. The summed E-state index contributed by atoms with van der Waals surface area (Å²) >= 11 is 0. The second kappa shape index (κ2) is 14.2. The predicted octanol–water partition coefficient (Wildman–Crippen LogP) is 8.47. The third kappa shape index (κ3) is 9.92. The van der Waals surface area contributed by atoms with E-state index < -0.39 is 40.9 Å². The molecular weight excluding hydrogens is 544 g/mol. The molecule has 1 aromatic carbocycles. The van der Waals surface area contributed by atoms with Crippen LogP contribution in [0.2, 0.25) is 0 Å². The summed E-state index contributed by atoms with van der Waals surface area (Å²) in [6.45, 7) is 5.46. The molecule has 1 aromatic rings. The predicted molar refractivity (Wildman–Crippen MR) is 147 cm³/mol. The van der Waals surface area contributed by atoms with Crippen molar-refractivity contribution in [3.05, 3.63) is 94.1 Å². The van der Waals surface area contributed by atoms with Gasteiger partial charge in [-0.3, -0.25) is 4.79 Å². The minimum absolute atomic E-state index is 0.0436. The fourth-order valence-electron chi connectivity index (χ4n) is 4.28. The lowest BCUT2D eigenvalue weighted by atomic mass is 9.90. The number of rotatable bonds is 10. The monoisotopic (exact) mass is 577 g/mol.